The zero-order chi connectivity index (χ0) is 15.5. The van der Waals surface area contributed by atoms with Crippen molar-refractivity contribution in [3.8, 4) is 5.75 Å². The van der Waals surface area contributed by atoms with Crippen molar-refractivity contribution in [2.75, 3.05) is 40.6 Å². The van der Waals surface area contributed by atoms with Crippen molar-refractivity contribution in [1.29, 1.82) is 0 Å². The first kappa shape index (κ1) is 17.9. The van der Waals surface area contributed by atoms with Crippen molar-refractivity contribution in [3.63, 3.8) is 0 Å². The van der Waals surface area contributed by atoms with Crippen LogP contribution in [0.3, 0.4) is 0 Å². The Morgan fingerprint density at radius 2 is 1.95 bits per heavy atom. The lowest BCUT2D eigenvalue weighted by atomic mass is 10.1. The third-order valence-electron chi connectivity index (χ3n) is 3.27. The predicted molar refractivity (Wildman–Crippen MR) is 81.3 cm³/mol. The molecule has 5 heteroatoms. The van der Waals surface area contributed by atoms with Crippen LogP contribution in [0.25, 0.3) is 0 Å². The van der Waals surface area contributed by atoms with E-state index in [1.54, 1.807) is 13.2 Å². The van der Waals surface area contributed by atoms with Crippen LogP contribution in [0, 0.1) is 5.82 Å². The van der Waals surface area contributed by atoms with E-state index in [1.165, 1.54) is 13.2 Å². The van der Waals surface area contributed by atoms with E-state index >= 15 is 0 Å². The third-order valence-corrected chi connectivity index (χ3v) is 3.27. The molecule has 0 saturated carbocycles. The van der Waals surface area contributed by atoms with Crippen LogP contribution in [0.1, 0.15) is 31.4 Å². The summed E-state index contributed by atoms with van der Waals surface area (Å²) in [5.41, 5.74) is 0.921. The Labute approximate surface area is 126 Å². The number of rotatable bonds is 11. The zero-order valence-corrected chi connectivity index (χ0v) is 13.2. The van der Waals surface area contributed by atoms with Gasteiger partial charge in [-0.15, -0.1) is 0 Å². The normalized spacial score (nSPS) is 12.4. The Morgan fingerprint density at radius 1 is 1.14 bits per heavy atom. The number of unbranched alkanes of at least 4 members (excludes halogenated alkanes) is 1. The first-order valence-corrected chi connectivity index (χ1v) is 7.32. The largest absolute Gasteiger partial charge is 0.494 e. The molecule has 0 saturated heterocycles. The molecule has 1 aromatic rings. The number of hydrogen-bond acceptors (Lipinski definition) is 4. The molecule has 1 aromatic carbocycles. The summed E-state index contributed by atoms with van der Waals surface area (Å²) >= 11 is 0. The molecule has 1 unspecified atom stereocenters. The van der Waals surface area contributed by atoms with Gasteiger partial charge in [-0.3, -0.25) is 0 Å². The van der Waals surface area contributed by atoms with Crippen molar-refractivity contribution < 1.29 is 18.6 Å². The second kappa shape index (κ2) is 10.5. The van der Waals surface area contributed by atoms with E-state index in [-0.39, 0.29) is 17.6 Å². The summed E-state index contributed by atoms with van der Waals surface area (Å²) in [6.45, 7) is 4.93. The maximum atomic E-state index is 13.6. The summed E-state index contributed by atoms with van der Waals surface area (Å²) in [7, 11) is 3.13. The maximum Gasteiger partial charge on any atom is 0.165 e. The third kappa shape index (κ3) is 6.89. The van der Waals surface area contributed by atoms with E-state index < -0.39 is 0 Å². The summed E-state index contributed by atoms with van der Waals surface area (Å²) in [5.74, 6) is -0.0469. The first-order valence-electron chi connectivity index (χ1n) is 7.32. The average Bonchev–Trinajstić information content (AvgIpc) is 2.49. The topological polar surface area (TPSA) is 39.7 Å². The highest BCUT2D eigenvalue weighted by molar-refractivity contribution is 5.30. The van der Waals surface area contributed by atoms with Crippen LogP contribution >= 0.6 is 0 Å². The van der Waals surface area contributed by atoms with Gasteiger partial charge in [0, 0.05) is 19.8 Å². The van der Waals surface area contributed by atoms with Crippen LogP contribution in [-0.2, 0) is 9.47 Å². The van der Waals surface area contributed by atoms with E-state index in [1.807, 2.05) is 13.0 Å². The van der Waals surface area contributed by atoms with Crippen LogP contribution in [0.15, 0.2) is 18.2 Å². The summed E-state index contributed by atoms with van der Waals surface area (Å²) < 4.78 is 28.8. The van der Waals surface area contributed by atoms with Gasteiger partial charge >= 0.3 is 0 Å². The van der Waals surface area contributed by atoms with Gasteiger partial charge in [0.05, 0.1) is 20.3 Å². The van der Waals surface area contributed by atoms with E-state index in [9.17, 15) is 4.39 Å². The monoisotopic (exact) mass is 299 g/mol. The Bertz CT molecular complexity index is 401. The molecule has 0 spiro atoms. The molecule has 4 nitrogen and oxygen atoms in total. The number of halogens is 1. The molecule has 1 rings (SSSR count). The number of nitrogens with one attached hydrogen (secondary N) is 1. The minimum Gasteiger partial charge on any atom is -0.494 e. The Morgan fingerprint density at radius 3 is 2.62 bits per heavy atom. The lowest BCUT2D eigenvalue weighted by molar-refractivity contribution is 0.0687. The Hall–Kier alpha value is -1.17. The molecule has 1 N–H and O–H groups in total. The molecule has 0 heterocycles. The molecule has 0 aliphatic rings. The fourth-order valence-corrected chi connectivity index (χ4v) is 1.96. The van der Waals surface area contributed by atoms with Crippen molar-refractivity contribution in [2.45, 2.75) is 25.8 Å². The standard InChI is InChI=1S/C16H26FNO3/c1-13(14-6-7-16(20-3)15(17)12-14)18-8-4-5-9-21-11-10-19-2/h6-7,12-13,18H,4-5,8-11H2,1-3H3. The molecule has 120 valence electrons. The van der Waals surface area contributed by atoms with E-state index in [2.05, 4.69) is 5.32 Å². The van der Waals surface area contributed by atoms with Gasteiger partial charge < -0.3 is 19.5 Å². The van der Waals surface area contributed by atoms with Crippen LogP contribution in [0.4, 0.5) is 4.39 Å². The number of benzene rings is 1. The molecule has 1 atom stereocenters. The number of hydrogen-bond donors (Lipinski definition) is 1. The maximum absolute atomic E-state index is 13.6. The van der Waals surface area contributed by atoms with Gasteiger partial charge in [-0.05, 0) is 44.0 Å². The van der Waals surface area contributed by atoms with Gasteiger partial charge in [-0.1, -0.05) is 6.07 Å². The molecule has 0 fully saturated rings. The van der Waals surface area contributed by atoms with Gasteiger partial charge in [0.15, 0.2) is 11.6 Å². The lowest BCUT2D eigenvalue weighted by Gasteiger charge is -2.15. The number of ether oxygens (including phenoxy) is 3. The molecule has 21 heavy (non-hydrogen) atoms. The fraction of sp³-hybridized carbons (Fsp3) is 0.625. The quantitative estimate of drug-likeness (QED) is 0.638. The van der Waals surface area contributed by atoms with Crippen LogP contribution in [0.5, 0.6) is 5.75 Å². The smallest absolute Gasteiger partial charge is 0.165 e. The van der Waals surface area contributed by atoms with Crippen LogP contribution in [-0.4, -0.2) is 40.6 Å². The van der Waals surface area contributed by atoms with Gasteiger partial charge in [0.2, 0.25) is 0 Å². The van der Waals surface area contributed by atoms with Gasteiger partial charge in [-0.25, -0.2) is 4.39 Å². The van der Waals surface area contributed by atoms with Gasteiger partial charge in [0.1, 0.15) is 0 Å². The molecular weight excluding hydrogens is 273 g/mol. The Balaban J connectivity index is 2.19. The molecule has 0 radical (unpaired) electrons. The SMILES string of the molecule is COCCOCCCCNC(C)c1ccc(OC)c(F)c1. The highest BCUT2D eigenvalue weighted by Gasteiger charge is 2.08. The van der Waals surface area contributed by atoms with Crippen molar-refractivity contribution >= 4 is 0 Å². The molecule has 0 aliphatic carbocycles. The highest BCUT2D eigenvalue weighted by atomic mass is 19.1. The average molecular weight is 299 g/mol. The molecule has 0 aromatic heterocycles. The van der Waals surface area contributed by atoms with E-state index in [0.717, 1.165) is 31.6 Å². The molecule has 0 amide bonds. The Kier molecular flexibility index (Phi) is 8.98. The second-order valence-corrected chi connectivity index (χ2v) is 4.88. The van der Waals surface area contributed by atoms with Crippen molar-refractivity contribution in [3.05, 3.63) is 29.6 Å². The summed E-state index contributed by atoms with van der Waals surface area (Å²) in [4.78, 5) is 0. The summed E-state index contributed by atoms with van der Waals surface area (Å²) in [5, 5.41) is 3.38. The van der Waals surface area contributed by atoms with E-state index in [0.29, 0.717) is 13.2 Å². The molecule has 0 aliphatic heterocycles. The minimum atomic E-state index is -0.324. The molecular formula is C16H26FNO3. The minimum absolute atomic E-state index is 0.111. The highest BCUT2D eigenvalue weighted by Crippen LogP contribution is 2.21. The van der Waals surface area contributed by atoms with Crippen molar-refractivity contribution in [2.24, 2.45) is 0 Å². The first-order chi connectivity index (χ1) is 10.2. The predicted octanol–water partition coefficient (Wildman–Crippen LogP) is 2.93. The second-order valence-electron chi connectivity index (χ2n) is 4.88. The lowest BCUT2D eigenvalue weighted by Crippen LogP contribution is -2.20. The van der Waals surface area contributed by atoms with E-state index in [4.69, 9.17) is 14.2 Å². The fourth-order valence-electron chi connectivity index (χ4n) is 1.96. The van der Waals surface area contributed by atoms with Crippen LogP contribution in [0.2, 0.25) is 0 Å². The molecule has 0 bridgehead atoms. The number of methoxy groups -OCH3 is 2. The van der Waals surface area contributed by atoms with Crippen molar-refractivity contribution in [1.82, 2.24) is 5.32 Å². The summed E-state index contributed by atoms with van der Waals surface area (Å²) in [6, 6.07) is 5.17. The summed E-state index contributed by atoms with van der Waals surface area (Å²) in [6.07, 6.45) is 2.02. The van der Waals surface area contributed by atoms with Gasteiger partial charge in [0.25, 0.3) is 0 Å². The van der Waals surface area contributed by atoms with Gasteiger partial charge in [-0.2, -0.15) is 0 Å². The van der Waals surface area contributed by atoms with Crippen LogP contribution < -0.4 is 10.1 Å². The zero-order valence-electron chi connectivity index (χ0n) is 13.2.